The molecule has 8 heteroatoms. The predicted octanol–water partition coefficient (Wildman–Crippen LogP) is 3.05. The number of anilines is 1. The maximum atomic E-state index is 12.8. The smallest absolute Gasteiger partial charge is 0.274 e. The first-order chi connectivity index (χ1) is 11.2. The van der Waals surface area contributed by atoms with Crippen molar-refractivity contribution in [1.29, 1.82) is 0 Å². The van der Waals surface area contributed by atoms with Crippen LogP contribution in [0.4, 0.5) is 11.4 Å². The highest BCUT2D eigenvalue weighted by atomic mass is 32.2. The van der Waals surface area contributed by atoms with Crippen molar-refractivity contribution in [2.75, 3.05) is 18.5 Å². The quantitative estimate of drug-likeness (QED) is 0.611. The number of sulfonamides is 1. The predicted molar refractivity (Wildman–Crippen MR) is 91.2 cm³/mol. The third kappa shape index (κ3) is 3.05. The fourth-order valence-electron chi connectivity index (χ4n) is 2.45. The Bertz CT molecular complexity index is 893. The lowest BCUT2D eigenvalue weighted by atomic mass is 10.1. The van der Waals surface area contributed by atoms with Crippen LogP contribution < -0.4 is 9.04 Å². The molecular weight excluding hydrogens is 332 g/mol. The Hall–Kier alpha value is -2.61. The van der Waals surface area contributed by atoms with Crippen molar-refractivity contribution in [3.63, 3.8) is 0 Å². The highest BCUT2D eigenvalue weighted by Gasteiger charge is 2.25. The molecule has 0 atom stereocenters. The van der Waals surface area contributed by atoms with Crippen molar-refractivity contribution in [3.05, 3.63) is 57.6 Å². The molecule has 0 aromatic heterocycles. The lowest BCUT2D eigenvalue weighted by molar-refractivity contribution is -0.385. The number of methoxy groups -OCH3 is 1. The van der Waals surface area contributed by atoms with Gasteiger partial charge < -0.3 is 4.74 Å². The molecule has 2 aromatic rings. The van der Waals surface area contributed by atoms with Crippen molar-refractivity contribution >= 4 is 21.4 Å². The number of ether oxygens (including phenoxy) is 1. The third-order valence-corrected chi connectivity index (χ3v) is 5.60. The van der Waals surface area contributed by atoms with Gasteiger partial charge >= 0.3 is 0 Å². The molecule has 7 nitrogen and oxygen atoms in total. The summed E-state index contributed by atoms with van der Waals surface area (Å²) in [5.74, 6) is 0.586. The number of aryl methyl sites for hydroxylation is 1. The lowest BCUT2D eigenvalue weighted by Crippen LogP contribution is -2.27. The van der Waals surface area contributed by atoms with Crippen molar-refractivity contribution in [3.8, 4) is 5.75 Å². The standard InChI is InChI=1S/C16H18N2O5S/c1-11-10-13(8-9-16(11)23-4)24(21,22)17(3)14-6-5-7-15(12(14)2)18(19)20/h5-10H,1-4H3. The number of hydrogen-bond donors (Lipinski definition) is 0. The van der Waals surface area contributed by atoms with Crippen LogP contribution in [0.5, 0.6) is 5.75 Å². The number of nitro groups is 1. The molecule has 0 heterocycles. The first-order valence-corrected chi connectivity index (χ1v) is 8.51. The van der Waals surface area contributed by atoms with E-state index >= 15 is 0 Å². The maximum absolute atomic E-state index is 12.8. The molecule has 0 aliphatic carbocycles. The van der Waals surface area contributed by atoms with E-state index in [-0.39, 0.29) is 16.3 Å². The summed E-state index contributed by atoms with van der Waals surface area (Å²) in [6.45, 7) is 3.27. The molecule has 0 radical (unpaired) electrons. The molecule has 0 aliphatic rings. The molecule has 0 aliphatic heterocycles. The summed E-state index contributed by atoms with van der Waals surface area (Å²) < 4.78 is 31.9. The second kappa shape index (κ2) is 6.48. The highest BCUT2D eigenvalue weighted by molar-refractivity contribution is 7.92. The van der Waals surface area contributed by atoms with E-state index in [1.807, 2.05) is 0 Å². The van der Waals surface area contributed by atoms with Gasteiger partial charge in [0.05, 0.1) is 28.2 Å². The van der Waals surface area contributed by atoms with E-state index in [1.165, 1.54) is 51.4 Å². The van der Waals surface area contributed by atoms with Gasteiger partial charge in [0.15, 0.2) is 0 Å². The first-order valence-electron chi connectivity index (χ1n) is 7.07. The average molecular weight is 350 g/mol. The van der Waals surface area contributed by atoms with Gasteiger partial charge in [-0.1, -0.05) is 6.07 Å². The fourth-order valence-corrected chi connectivity index (χ4v) is 3.79. The van der Waals surface area contributed by atoms with Crippen molar-refractivity contribution in [1.82, 2.24) is 0 Å². The van der Waals surface area contributed by atoms with Gasteiger partial charge in [-0.25, -0.2) is 8.42 Å². The Labute approximate surface area is 140 Å². The fraction of sp³-hybridized carbons (Fsp3) is 0.250. The molecule has 0 amide bonds. The van der Waals surface area contributed by atoms with Gasteiger partial charge in [0.1, 0.15) is 5.75 Å². The van der Waals surface area contributed by atoms with Crippen LogP contribution in [0.1, 0.15) is 11.1 Å². The molecule has 128 valence electrons. The SMILES string of the molecule is COc1ccc(S(=O)(=O)N(C)c2cccc([N+](=O)[O-])c2C)cc1C. The Morgan fingerprint density at radius 2 is 1.83 bits per heavy atom. The summed E-state index contributed by atoms with van der Waals surface area (Å²) in [4.78, 5) is 10.6. The second-order valence-corrected chi connectivity index (χ2v) is 7.25. The minimum absolute atomic E-state index is 0.0919. The van der Waals surface area contributed by atoms with Gasteiger partial charge in [-0.2, -0.15) is 0 Å². The van der Waals surface area contributed by atoms with Crippen molar-refractivity contribution in [2.24, 2.45) is 0 Å². The van der Waals surface area contributed by atoms with E-state index in [0.29, 0.717) is 16.9 Å². The highest BCUT2D eigenvalue weighted by Crippen LogP contribution is 2.31. The Morgan fingerprint density at radius 1 is 1.17 bits per heavy atom. The molecular formula is C16H18N2O5S. The summed E-state index contributed by atoms with van der Waals surface area (Å²) in [6, 6.07) is 8.89. The molecule has 0 N–H and O–H groups in total. The summed E-state index contributed by atoms with van der Waals surface area (Å²) in [5, 5.41) is 11.1. The zero-order valence-corrected chi connectivity index (χ0v) is 14.6. The molecule has 2 rings (SSSR count). The molecule has 2 aromatic carbocycles. The van der Waals surface area contributed by atoms with E-state index in [9.17, 15) is 18.5 Å². The normalized spacial score (nSPS) is 11.2. The minimum atomic E-state index is -3.85. The summed E-state index contributed by atoms with van der Waals surface area (Å²) in [5.41, 5.74) is 1.11. The molecule has 0 bridgehead atoms. The summed E-state index contributed by atoms with van der Waals surface area (Å²) >= 11 is 0. The summed E-state index contributed by atoms with van der Waals surface area (Å²) in [7, 11) is -0.964. The molecule has 0 spiro atoms. The zero-order valence-electron chi connectivity index (χ0n) is 13.8. The molecule has 0 saturated carbocycles. The van der Waals surface area contributed by atoms with Crippen LogP contribution in [0.25, 0.3) is 0 Å². The van der Waals surface area contributed by atoms with Crippen molar-refractivity contribution in [2.45, 2.75) is 18.7 Å². The van der Waals surface area contributed by atoms with Crippen LogP contribution in [-0.2, 0) is 10.0 Å². The van der Waals surface area contributed by atoms with Gasteiger partial charge in [-0.05, 0) is 43.7 Å². The van der Waals surface area contributed by atoms with E-state index in [1.54, 1.807) is 13.0 Å². The number of nitro benzene ring substituents is 1. The number of hydrogen-bond acceptors (Lipinski definition) is 5. The second-order valence-electron chi connectivity index (χ2n) is 5.28. The average Bonchev–Trinajstić information content (AvgIpc) is 2.54. The van der Waals surface area contributed by atoms with E-state index < -0.39 is 14.9 Å². The summed E-state index contributed by atoms with van der Waals surface area (Å²) in [6.07, 6.45) is 0. The van der Waals surface area contributed by atoms with Crippen LogP contribution in [0.3, 0.4) is 0 Å². The maximum Gasteiger partial charge on any atom is 0.274 e. The van der Waals surface area contributed by atoms with Crippen LogP contribution in [0, 0.1) is 24.0 Å². The van der Waals surface area contributed by atoms with Crippen molar-refractivity contribution < 1.29 is 18.1 Å². The van der Waals surface area contributed by atoms with Crippen LogP contribution >= 0.6 is 0 Å². The number of rotatable bonds is 5. The molecule has 0 fully saturated rings. The van der Waals surface area contributed by atoms with E-state index in [0.717, 1.165) is 4.31 Å². The monoisotopic (exact) mass is 350 g/mol. The number of benzene rings is 2. The molecule has 0 saturated heterocycles. The topological polar surface area (TPSA) is 89.8 Å². The third-order valence-electron chi connectivity index (χ3n) is 3.84. The first kappa shape index (κ1) is 17.7. The van der Waals surface area contributed by atoms with Crippen LogP contribution in [-0.4, -0.2) is 27.5 Å². The van der Waals surface area contributed by atoms with Crippen LogP contribution in [0.15, 0.2) is 41.3 Å². The van der Waals surface area contributed by atoms with Crippen LogP contribution in [0.2, 0.25) is 0 Å². The zero-order chi connectivity index (χ0) is 18.1. The van der Waals surface area contributed by atoms with Gasteiger partial charge in [-0.15, -0.1) is 0 Å². The van der Waals surface area contributed by atoms with Gasteiger partial charge in [0.2, 0.25) is 0 Å². The van der Waals surface area contributed by atoms with E-state index in [2.05, 4.69) is 0 Å². The minimum Gasteiger partial charge on any atom is -0.496 e. The van der Waals surface area contributed by atoms with Gasteiger partial charge in [0, 0.05) is 13.1 Å². The number of nitrogens with zero attached hydrogens (tertiary/aromatic N) is 2. The van der Waals surface area contributed by atoms with Gasteiger partial charge in [0.25, 0.3) is 15.7 Å². The Kier molecular flexibility index (Phi) is 4.79. The van der Waals surface area contributed by atoms with E-state index in [4.69, 9.17) is 4.74 Å². The molecule has 24 heavy (non-hydrogen) atoms. The van der Waals surface area contributed by atoms with Gasteiger partial charge in [-0.3, -0.25) is 14.4 Å². The Balaban J connectivity index is 2.52. The Morgan fingerprint density at radius 3 is 2.38 bits per heavy atom. The lowest BCUT2D eigenvalue weighted by Gasteiger charge is -2.21. The molecule has 0 unspecified atom stereocenters. The largest absolute Gasteiger partial charge is 0.496 e.